The zero-order chi connectivity index (χ0) is 15.0. The summed E-state index contributed by atoms with van der Waals surface area (Å²) in [6, 6.07) is 8.68. The number of aliphatic hydroxyl groups excluding tert-OH is 1. The molecule has 1 aromatic rings. The number of amides is 1. The summed E-state index contributed by atoms with van der Waals surface area (Å²) in [6.07, 6.45) is 3.29. The molecule has 1 amide bonds. The first kappa shape index (κ1) is 16.7. The van der Waals surface area contributed by atoms with Crippen LogP contribution in [0.2, 0.25) is 0 Å². The van der Waals surface area contributed by atoms with Crippen molar-refractivity contribution in [3.63, 3.8) is 0 Å². The lowest BCUT2D eigenvalue weighted by atomic mass is 9.98. The van der Waals surface area contributed by atoms with Gasteiger partial charge in [-0.3, -0.25) is 4.79 Å². The van der Waals surface area contributed by atoms with Crippen LogP contribution in [0.4, 0.5) is 0 Å². The van der Waals surface area contributed by atoms with Gasteiger partial charge in [-0.2, -0.15) is 0 Å². The maximum Gasteiger partial charge on any atom is 0.251 e. The Balaban J connectivity index is 2.74. The maximum atomic E-state index is 12.1. The van der Waals surface area contributed by atoms with Crippen LogP contribution in [0.1, 0.15) is 30.6 Å². The van der Waals surface area contributed by atoms with E-state index in [0.717, 1.165) is 0 Å². The van der Waals surface area contributed by atoms with E-state index in [4.69, 9.17) is 11.6 Å². The molecule has 0 aliphatic heterocycles. The maximum absolute atomic E-state index is 12.1. The molecular weight excluding hydrogens is 274 g/mol. The molecule has 20 heavy (non-hydrogen) atoms. The number of rotatable bonds is 7. The molecule has 1 rings (SSSR count). The van der Waals surface area contributed by atoms with E-state index in [1.165, 1.54) is 0 Å². The molecule has 3 nitrogen and oxygen atoms in total. The summed E-state index contributed by atoms with van der Waals surface area (Å²) >= 11 is 5.57. The van der Waals surface area contributed by atoms with E-state index in [2.05, 4.69) is 19.2 Å². The lowest BCUT2D eigenvalue weighted by Crippen LogP contribution is -2.43. The monoisotopic (exact) mass is 295 g/mol. The van der Waals surface area contributed by atoms with E-state index in [-0.39, 0.29) is 11.9 Å². The van der Waals surface area contributed by atoms with Crippen LogP contribution in [0.3, 0.4) is 0 Å². The molecule has 0 bridgehead atoms. The highest BCUT2D eigenvalue weighted by atomic mass is 35.5. The minimum absolute atomic E-state index is 0.172. The second-order valence-corrected chi connectivity index (χ2v) is 5.46. The Hall–Kier alpha value is -1.32. The molecule has 0 aliphatic rings. The second kappa shape index (κ2) is 8.77. The molecule has 0 saturated carbocycles. The standard InChI is InChI=1S/C16H22ClNO2/c1-12(2)11-14(15(19)9-6-10-17)18-16(20)13-7-4-3-5-8-13/h3-9,12,14-15,19H,10-11H2,1-2H3,(H,18,20)/b9-6+/t14-,15-/m0/s1. The molecule has 2 atom stereocenters. The number of allylic oxidation sites excluding steroid dienone is 1. The average Bonchev–Trinajstić information content (AvgIpc) is 2.44. The fraction of sp³-hybridized carbons (Fsp3) is 0.438. The molecule has 110 valence electrons. The number of nitrogens with one attached hydrogen (secondary N) is 1. The van der Waals surface area contributed by atoms with Gasteiger partial charge in [0.1, 0.15) is 0 Å². The van der Waals surface area contributed by atoms with E-state index in [1.807, 2.05) is 18.2 Å². The van der Waals surface area contributed by atoms with E-state index < -0.39 is 6.10 Å². The van der Waals surface area contributed by atoms with E-state index in [9.17, 15) is 9.90 Å². The lowest BCUT2D eigenvalue weighted by Gasteiger charge is -2.24. The third-order valence-electron chi connectivity index (χ3n) is 2.91. The summed E-state index contributed by atoms with van der Waals surface area (Å²) in [5.74, 6) is 0.544. The predicted octanol–water partition coefficient (Wildman–Crippen LogP) is 2.99. The molecule has 0 spiro atoms. The van der Waals surface area contributed by atoms with Gasteiger partial charge in [0, 0.05) is 11.4 Å². The summed E-state index contributed by atoms with van der Waals surface area (Å²) in [5.41, 5.74) is 0.592. The molecule has 0 aromatic heterocycles. The number of hydrogen-bond donors (Lipinski definition) is 2. The normalized spacial score (nSPS) is 14.4. The SMILES string of the molecule is CC(C)C[C@H](NC(=O)c1ccccc1)[C@@H](O)/C=C/CCl. The van der Waals surface area contributed by atoms with Crippen molar-refractivity contribution < 1.29 is 9.90 Å². The Bertz CT molecular complexity index is 431. The summed E-state index contributed by atoms with van der Waals surface area (Å²) < 4.78 is 0. The molecule has 4 heteroatoms. The van der Waals surface area contributed by atoms with Crippen molar-refractivity contribution in [1.29, 1.82) is 0 Å². The quantitative estimate of drug-likeness (QED) is 0.600. The van der Waals surface area contributed by atoms with Crippen LogP contribution in [0, 0.1) is 5.92 Å². The Morgan fingerprint density at radius 1 is 1.35 bits per heavy atom. The predicted molar refractivity (Wildman–Crippen MR) is 83.0 cm³/mol. The van der Waals surface area contributed by atoms with Gasteiger partial charge in [0.05, 0.1) is 12.1 Å². The van der Waals surface area contributed by atoms with Crippen molar-refractivity contribution >= 4 is 17.5 Å². The minimum Gasteiger partial charge on any atom is -0.387 e. The Morgan fingerprint density at radius 2 is 2.00 bits per heavy atom. The number of hydrogen-bond acceptors (Lipinski definition) is 2. The molecule has 2 N–H and O–H groups in total. The molecule has 1 aromatic carbocycles. The van der Waals surface area contributed by atoms with Crippen LogP contribution >= 0.6 is 11.6 Å². The topological polar surface area (TPSA) is 49.3 Å². The average molecular weight is 296 g/mol. The van der Waals surface area contributed by atoms with E-state index >= 15 is 0 Å². The third-order valence-corrected chi connectivity index (χ3v) is 3.09. The Morgan fingerprint density at radius 3 is 2.55 bits per heavy atom. The van der Waals surface area contributed by atoms with Crippen LogP contribution < -0.4 is 5.32 Å². The fourth-order valence-corrected chi connectivity index (χ4v) is 2.06. The number of benzene rings is 1. The smallest absolute Gasteiger partial charge is 0.251 e. The van der Waals surface area contributed by atoms with Gasteiger partial charge in [0.15, 0.2) is 0 Å². The van der Waals surface area contributed by atoms with E-state index in [0.29, 0.717) is 23.8 Å². The highest BCUT2D eigenvalue weighted by Gasteiger charge is 2.20. The molecule has 0 radical (unpaired) electrons. The first-order valence-electron chi connectivity index (χ1n) is 6.81. The molecular formula is C16H22ClNO2. The molecule has 0 unspecified atom stereocenters. The van der Waals surface area contributed by atoms with Crippen LogP contribution in [0.5, 0.6) is 0 Å². The highest BCUT2D eigenvalue weighted by molar-refractivity contribution is 6.18. The Kier molecular flexibility index (Phi) is 7.34. The molecule has 0 heterocycles. The van der Waals surface area contributed by atoms with Crippen LogP contribution in [0.15, 0.2) is 42.5 Å². The van der Waals surface area contributed by atoms with Crippen molar-refractivity contribution in [2.45, 2.75) is 32.4 Å². The van der Waals surface area contributed by atoms with Gasteiger partial charge in [-0.1, -0.05) is 44.2 Å². The zero-order valence-electron chi connectivity index (χ0n) is 11.9. The van der Waals surface area contributed by atoms with Crippen molar-refractivity contribution in [3.05, 3.63) is 48.0 Å². The second-order valence-electron chi connectivity index (χ2n) is 5.15. The van der Waals surface area contributed by atoms with E-state index in [1.54, 1.807) is 24.3 Å². The number of alkyl halides is 1. The van der Waals surface area contributed by atoms with Gasteiger partial charge < -0.3 is 10.4 Å². The van der Waals surface area contributed by atoms with Gasteiger partial charge >= 0.3 is 0 Å². The summed E-state index contributed by atoms with van der Waals surface area (Å²) in [5, 5.41) is 13.0. The van der Waals surface area contributed by atoms with Gasteiger partial charge in [-0.25, -0.2) is 0 Å². The van der Waals surface area contributed by atoms with Gasteiger partial charge in [0.25, 0.3) is 5.91 Å². The van der Waals surface area contributed by atoms with Crippen LogP contribution in [0.25, 0.3) is 0 Å². The molecule has 0 saturated heterocycles. The highest BCUT2D eigenvalue weighted by Crippen LogP contribution is 2.11. The van der Waals surface area contributed by atoms with Gasteiger partial charge in [-0.15, -0.1) is 11.6 Å². The summed E-state index contributed by atoms with van der Waals surface area (Å²) in [7, 11) is 0. The minimum atomic E-state index is -0.733. The van der Waals surface area contributed by atoms with Crippen molar-refractivity contribution in [2.75, 3.05) is 5.88 Å². The fourth-order valence-electron chi connectivity index (χ4n) is 1.96. The van der Waals surface area contributed by atoms with Crippen LogP contribution in [-0.2, 0) is 0 Å². The summed E-state index contributed by atoms with van der Waals surface area (Å²) in [4.78, 5) is 12.1. The number of aliphatic hydroxyl groups is 1. The zero-order valence-corrected chi connectivity index (χ0v) is 12.7. The Labute approximate surface area is 125 Å². The van der Waals surface area contributed by atoms with Crippen LogP contribution in [-0.4, -0.2) is 29.0 Å². The number of carbonyl (C=O) groups is 1. The van der Waals surface area contributed by atoms with Crippen molar-refractivity contribution in [2.24, 2.45) is 5.92 Å². The van der Waals surface area contributed by atoms with Gasteiger partial charge in [-0.05, 0) is 24.5 Å². The molecule has 0 fully saturated rings. The largest absolute Gasteiger partial charge is 0.387 e. The lowest BCUT2D eigenvalue weighted by molar-refractivity contribution is 0.0868. The van der Waals surface area contributed by atoms with Crippen molar-refractivity contribution in [1.82, 2.24) is 5.32 Å². The number of carbonyl (C=O) groups excluding carboxylic acids is 1. The number of halogens is 1. The van der Waals surface area contributed by atoms with Crippen molar-refractivity contribution in [3.8, 4) is 0 Å². The molecule has 0 aliphatic carbocycles. The van der Waals surface area contributed by atoms with Gasteiger partial charge in [0.2, 0.25) is 0 Å². The first-order valence-corrected chi connectivity index (χ1v) is 7.34. The first-order chi connectivity index (χ1) is 9.54. The summed E-state index contributed by atoms with van der Waals surface area (Å²) in [6.45, 7) is 4.11. The third kappa shape index (κ3) is 5.76.